The molecule has 3 rings (SSSR count). The molecule has 0 aromatic heterocycles. The van der Waals surface area contributed by atoms with Crippen LogP contribution in [-0.2, 0) is 5.41 Å². The quantitative estimate of drug-likeness (QED) is 0.408. The van der Waals surface area contributed by atoms with E-state index in [2.05, 4.69) is 20.8 Å². The summed E-state index contributed by atoms with van der Waals surface area (Å²) in [5.74, 6) is 0.620. The molecule has 1 heterocycles. The lowest BCUT2D eigenvalue weighted by atomic mass is 9.87. The molecule has 2 aromatic carbocycles. The summed E-state index contributed by atoms with van der Waals surface area (Å²) in [5.41, 5.74) is 3.59. The second kappa shape index (κ2) is 6.69. The van der Waals surface area contributed by atoms with Crippen LogP contribution in [0.4, 0.5) is 0 Å². The molecule has 0 bridgehead atoms. The molecule has 0 spiro atoms. The molecular weight excluding hydrogens is 340 g/mol. The fraction of sp³-hybridized carbons (Fsp3) is 0.304. The van der Waals surface area contributed by atoms with Crippen LogP contribution >= 0.6 is 0 Å². The highest BCUT2D eigenvalue weighted by Crippen LogP contribution is 2.39. The van der Waals surface area contributed by atoms with Crippen molar-refractivity contribution in [1.82, 2.24) is 0 Å². The number of ketones is 1. The van der Waals surface area contributed by atoms with Crippen molar-refractivity contribution in [2.75, 3.05) is 0 Å². The Morgan fingerprint density at radius 2 is 1.63 bits per heavy atom. The van der Waals surface area contributed by atoms with Crippen LogP contribution in [0.25, 0.3) is 0 Å². The molecule has 1 aliphatic rings. The van der Waals surface area contributed by atoms with Gasteiger partial charge in [0.15, 0.2) is 5.76 Å². The molecule has 140 valence electrons. The second-order valence-corrected chi connectivity index (χ2v) is 8.04. The van der Waals surface area contributed by atoms with E-state index < -0.39 is 5.97 Å². The molecule has 4 heteroatoms. The first-order valence-corrected chi connectivity index (χ1v) is 8.96. The van der Waals surface area contributed by atoms with Gasteiger partial charge in [-0.25, -0.2) is 4.79 Å². The highest BCUT2D eigenvalue weighted by Gasteiger charge is 2.31. The van der Waals surface area contributed by atoms with Crippen LogP contribution in [0, 0.1) is 6.92 Å². The van der Waals surface area contributed by atoms with Crippen LogP contribution in [0.5, 0.6) is 11.5 Å². The maximum absolute atomic E-state index is 12.5. The predicted octanol–water partition coefficient (Wildman–Crippen LogP) is 5.38. The van der Waals surface area contributed by atoms with Crippen molar-refractivity contribution in [2.24, 2.45) is 0 Å². The first kappa shape index (κ1) is 18.9. The number of allylic oxidation sites excluding steroid dienone is 2. The number of rotatable bonds is 2. The van der Waals surface area contributed by atoms with Gasteiger partial charge in [-0.2, -0.15) is 0 Å². The van der Waals surface area contributed by atoms with Gasteiger partial charge in [0.25, 0.3) is 0 Å². The molecule has 0 fully saturated rings. The van der Waals surface area contributed by atoms with Gasteiger partial charge in [0.05, 0.1) is 11.1 Å². The molecule has 1 aliphatic heterocycles. The van der Waals surface area contributed by atoms with Gasteiger partial charge < -0.3 is 9.47 Å². The van der Waals surface area contributed by atoms with Crippen LogP contribution in [0.1, 0.15) is 66.5 Å². The van der Waals surface area contributed by atoms with Crippen molar-refractivity contribution >= 4 is 11.8 Å². The number of esters is 1. The summed E-state index contributed by atoms with van der Waals surface area (Å²) in [6.07, 6.45) is 0. The smallest absolute Gasteiger partial charge is 0.343 e. The van der Waals surface area contributed by atoms with E-state index in [0.717, 1.165) is 11.1 Å². The zero-order valence-electron chi connectivity index (χ0n) is 16.6. The zero-order valence-corrected chi connectivity index (χ0v) is 16.6. The molecule has 0 atom stereocenters. The van der Waals surface area contributed by atoms with Gasteiger partial charge in [-0.15, -0.1) is 0 Å². The lowest BCUT2D eigenvalue weighted by molar-refractivity contribution is 0.0733. The molecule has 0 N–H and O–H groups in total. The molecule has 4 nitrogen and oxygen atoms in total. The van der Waals surface area contributed by atoms with Crippen LogP contribution in [-0.4, -0.2) is 11.8 Å². The molecule has 0 amide bonds. The molecule has 0 radical (unpaired) electrons. The SMILES string of the molecule is CC(C)=C1Oc2c(ccc(OC(=O)c3ccc(C(C)(C)C)cc3)c2C)C1=O. The Morgan fingerprint density at radius 3 is 2.19 bits per heavy atom. The number of carbonyl (C=O) groups is 2. The van der Waals surface area contributed by atoms with Gasteiger partial charge in [0, 0.05) is 5.56 Å². The van der Waals surface area contributed by atoms with Crippen LogP contribution < -0.4 is 9.47 Å². The molecule has 0 saturated heterocycles. The van der Waals surface area contributed by atoms with Crippen molar-refractivity contribution in [2.45, 2.75) is 47.0 Å². The van der Waals surface area contributed by atoms with E-state index in [0.29, 0.717) is 33.9 Å². The van der Waals surface area contributed by atoms with Gasteiger partial charge in [-0.3, -0.25) is 4.79 Å². The van der Waals surface area contributed by atoms with E-state index in [9.17, 15) is 9.59 Å². The summed E-state index contributed by atoms with van der Waals surface area (Å²) >= 11 is 0. The number of ether oxygens (including phenoxy) is 2. The Morgan fingerprint density at radius 1 is 1.00 bits per heavy atom. The summed E-state index contributed by atoms with van der Waals surface area (Å²) in [5, 5.41) is 0. The minimum Gasteiger partial charge on any atom is -0.452 e. The Balaban J connectivity index is 1.86. The van der Waals surface area contributed by atoms with Crippen molar-refractivity contribution in [3.63, 3.8) is 0 Å². The zero-order chi connectivity index (χ0) is 19.9. The van der Waals surface area contributed by atoms with Crippen molar-refractivity contribution in [1.29, 1.82) is 0 Å². The average molecular weight is 364 g/mol. The van der Waals surface area contributed by atoms with Crippen LogP contribution in [0.2, 0.25) is 0 Å². The maximum Gasteiger partial charge on any atom is 0.343 e. The third-order valence-electron chi connectivity index (χ3n) is 4.65. The topological polar surface area (TPSA) is 52.6 Å². The van der Waals surface area contributed by atoms with Gasteiger partial charge in [0.2, 0.25) is 5.78 Å². The number of hydrogen-bond acceptors (Lipinski definition) is 4. The molecule has 0 aliphatic carbocycles. The van der Waals surface area contributed by atoms with E-state index in [4.69, 9.17) is 9.47 Å². The fourth-order valence-electron chi connectivity index (χ4n) is 2.96. The summed E-state index contributed by atoms with van der Waals surface area (Å²) in [7, 11) is 0. The summed E-state index contributed by atoms with van der Waals surface area (Å²) < 4.78 is 11.3. The van der Waals surface area contributed by atoms with E-state index in [-0.39, 0.29) is 11.2 Å². The minimum atomic E-state index is -0.440. The fourth-order valence-corrected chi connectivity index (χ4v) is 2.96. The van der Waals surface area contributed by atoms with Crippen molar-refractivity contribution < 1.29 is 19.1 Å². The third kappa shape index (κ3) is 3.52. The number of Topliss-reactive ketones (excluding diaryl/α,β-unsaturated/α-hetero) is 1. The lowest BCUT2D eigenvalue weighted by Crippen LogP contribution is -2.13. The molecule has 0 unspecified atom stereocenters. The number of carbonyl (C=O) groups excluding carboxylic acids is 2. The molecule has 27 heavy (non-hydrogen) atoms. The highest BCUT2D eigenvalue weighted by molar-refractivity contribution is 6.13. The van der Waals surface area contributed by atoms with Crippen LogP contribution in [0.3, 0.4) is 0 Å². The summed E-state index contributed by atoms with van der Waals surface area (Å²) in [4.78, 5) is 24.9. The van der Waals surface area contributed by atoms with Gasteiger partial charge in [0.1, 0.15) is 11.5 Å². The highest BCUT2D eigenvalue weighted by atomic mass is 16.5. The molecule has 2 aromatic rings. The Kier molecular flexibility index (Phi) is 4.68. The third-order valence-corrected chi connectivity index (χ3v) is 4.65. The van der Waals surface area contributed by atoms with Gasteiger partial charge in [-0.1, -0.05) is 32.9 Å². The van der Waals surface area contributed by atoms with Crippen molar-refractivity contribution in [3.8, 4) is 11.5 Å². The van der Waals surface area contributed by atoms with Crippen molar-refractivity contribution in [3.05, 3.63) is 70.0 Å². The van der Waals surface area contributed by atoms with E-state index in [1.165, 1.54) is 0 Å². The first-order chi connectivity index (χ1) is 12.6. The van der Waals surface area contributed by atoms with Gasteiger partial charge >= 0.3 is 5.97 Å². The largest absolute Gasteiger partial charge is 0.452 e. The second-order valence-electron chi connectivity index (χ2n) is 8.04. The maximum atomic E-state index is 12.5. The normalized spacial score (nSPS) is 13.3. The van der Waals surface area contributed by atoms with E-state index in [1.54, 1.807) is 31.2 Å². The standard InChI is InChI=1S/C23H24O4/c1-13(2)20-19(24)17-11-12-18(14(3)21(17)27-20)26-22(25)15-7-9-16(10-8-15)23(4,5)6/h7-12H,1-6H3. The number of fused-ring (bicyclic) bond motifs is 1. The summed E-state index contributed by atoms with van der Waals surface area (Å²) in [6, 6.07) is 10.7. The number of hydrogen-bond donors (Lipinski definition) is 0. The van der Waals surface area contributed by atoms with E-state index in [1.807, 2.05) is 26.0 Å². The number of benzene rings is 2. The lowest BCUT2D eigenvalue weighted by Gasteiger charge is -2.19. The Bertz CT molecular complexity index is 953. The van der Waals surface area contributed by atoms with Gasteiger partial charge in [-0.05, 0) is 61.6 Å². The molecular formula is C23H24O4. The average Bonchev–Trinajstić information content (AvgIpc) is 2.94. The van der Waals surface area contributed by atoms with E-state index >= 15 is 0 Å². The summed E-state index contributed by atoms with van der Waals surface area (Å²) in [6.45, 7) is 11.8. The molecule has 0 saturated carbocycles. The Labute approximate surface area is 159 Å². The monoisotopic (exact) mass is 364 g/mol. The Hall–Kier alpha value is -2.88. The van der Waals surface area contributed by atoms with Crippen LogP contribution in [0.15, 0.2) is 47.7 Å². The minimum absolute atomic E-state index is 0.0194. The first-order valence-electron chi connectivity index (χ1n) is 8.96. The predicted molar refractivity (Wildman–Crippen MR) is 105 cm³/mol.